The maximum absolute atomic E-state index is 12.5. The largest absolute Gasteiger partial charge is 0.484 e. The number of carbonyl (C=O) groups excluding carboxylic acids is 1. The van der Waals surface area contributed by atoms with Crippen LogP contribution in [0.4, 0.5) is 8.78 Å². The minimum absolute atomic E-state index is 0.0757. The van der Waals surface area contributed by atoms with Crippen molar-refractivity contribution in [1.29, 1.82) is 0 Å². The predicted octanol–water partition coefficient (Wildman–Crippen LogP) is 3.21. The average Bonchev–Trinajstić information content (AvgIpc) is 2.89. The van der Waals surface area contributed by atoms with Gasteiger partial charge in [-0.05, 0) is 43.9 Å². The van der Waals surface area contributed by atoms with Crippen LogP contribution in [0.15, 0.2) is 27.7 Å². The van der Waals surface area contributed by atoms with Gasteiger partial charge in [0.25, 0.3) is 0 Å². The molecule has 1 aromatic carbocycles. The topological polar surface area (TPSA) is 77.2 Å². The Morgan fingerprint density at radius 1 is 1.50 bits per heavy atom. The fraction of sp³-hybridized carbons (Fsp3) is 0.529. The SMILES string of the molecule is CN(C=O)C(N)=NC1c2cc(Br)ccc2OC12CCC(OC(F)F)CC2. The fourth-order valence-corrected chi connectivity index (χ4v) is 3.96. The number of hydrogen-bond donors (Lipinski definition) is 1. The number of ether oxygens (including phenoxy) is 2. The van der Waals surface area contributed by atoms with E-state index < -0.39 is 24.4 Å². The zero-order valence-corrected chi connectivity index (χ0v) is 15.8. The quantitative estimate of drug-likeness (QED) is 0.451. The number of fused-ring (bicyclic) bond motifs is 1. The van der Waals surface area contributed by atoms with Crippen molar-refractivity contribution in [2.24, 2.45) is 10.7 Å². The first-order valence-electron chi connectivity index (χ1n) is 8.28. The van der Waals surface area contributed by atoms with E-state index in [0.717, 1.165) is 10.0 Å². The zero-order valence-electron chi connectivity index (χ0n) is 14.2. The van der Waals surface area contributed by atoms with Gasteiger partial charge in [-0.3, -0.25) is 9.69 Å². The second kappa shape index (κ2) is 7.48. The van der Waals surface area contributed by atoms with Crippen LogP contribution in [0.25, 0.3) is 0 Å². The van der Waals surface area contributed by atoms with Crippen LogP contribution in [0.5, 0.6) is 5.75 Å². The molecule has 1 atom stereocenters. The summed E-state index contributed by atoms with van der Waals surface area (Å²) < 4.78 is 36.7. The standard InChI is InChI=1S/C17H20BrF2N3O3/c1-23(9-24)16(21)22-14-12-8-10(18)2-3-13(12)26-17(14)6-4-11(5-7-17)25-15(19)20/h2-3,8-9,11,14-15H,4-7H2,1H3,(H2,21,22). The van der Waals surface area contributed by atoms with Gasteiger partial charge in [0, 0.05) is 17.1 Å². The van der Waals surface area contributed by atoms with E-state index in [1.807, 2.05) is 18.2 Å². The van der Waals surface area contributed by atoms with Gasteiger partial charge in [0.2, 0.25) is 6.41 Å². The molecule has 1 aromatic rings. The van der Waals surface area contributed by atoms with Crippen LogP contribution in [0, 0.1) is 0 Å². The summed E-state index contributed by atoms with van der Waals surface area (Å²) in [6, 6.07) is 5.20. The van der Waals surface area contributed by atoms with Crippen molar-refractivity contribution in [2.75, 3.05) is 7.05 Å². The fourth-order valence-electron chi connectivity index (χ4n) is 3.59. The van der Waals surface area contributed by atoms with Crippen LogP contribution in [-0.2, 0) is 9.53 Å². The molecule has 0 saturated heterocycles. The maximum Gasteiger partial charge on any atom is 0.345 e. The molecule has 3 rings (SSSR count). The molecule has 1 aliphatic heterocycles. The number of alkyl halides is 2. The van der Waals surface area contributed by atoms with E-state index in [9.17, 15) is 13.6 Å². The molecule has 1 spiro atoms. The molecular formula is C17H20BrF2N3O3. The molecule has 1 heterocycles. The predicted molar refractivity (Wildman–Crippen MR) is 95.0 cm³/mol. The van der Waals surface area contributed by atoms with Crippen LogP contribution in [0.2, 0.25) is 0 Å². The van der Waals surface area contributed by atoms with E-state index in [2.05, 4.69) is 25.7 Å². The van der Waals surface area contributed by atoms with Gasteiger partial charge in [0.1, 0.15) is 17.4 Å². The number of rotatable bonds is 4. The maximum atomic E-state index is 12.5. The third-order valence-electron chi connectivity index (χ3n) is 4.93. The first-order valence-corrected chi connectivity index (χ1v) is 9.07. The van der Waals surface area contributed by atoms with Crippen molar-refractivity contribution in [3.63, 3.8) is 0 Å². The summed E-state index contributed by atoms with van der Waals surface area (Å²) in [4.78, 5) is 16.7. The van der Waals surface area contributed by atoms with Crippen LogP contribution < -0.4 is 10.5 Å². The molecule has 1 unspecified atom stereocenters. The van der Waals surface area contributed by atoms with Gasteiger partial charge in [-0.1, -0.05) is 15.9 Å². The summed E-state index contributed by atoms with van der Waals surface area (Å²) in [6.07, 6.45) is 1.96. The molecule has 0 radical (unpaired) electrons. The molecule has 142 valence electrons. The molecule has 0 bridgehead atoms. The number of guanidine groups is 1. The smallest absolute Gasteiger partial charge is 0.345 e. The molecule has 9 heteroatoms. The highest BCUT2D eigenvalue weighted by atomic mass is 79.9. The number of hydrogen-bond acceptors (Lipinski definition) is 4. The second-order valence-electron chi connectivity index (χ2n) is 6.55. The highest BCUT2D eigenvalue weighted by molar-refractivity contribution is 9.10. The van der Waals surface area contributed by atoms with E-state index in [0.29, 0.717) is 37.8 Å². The normalized spacial score (nSPS) is 28.1. The van der Waals surface area contributed by atoms with Crippen molar-refractivity contribution in [3.05, 3.63) is 28.2 Å². The lowest BCUT2D eigenvalue weighted by molar-refractivity contribution is -0.178. The van der Waals surface area contributed by atoms with Crippen LogP contribution >= 0.6 is 15.9 Å². The number of carbonyl (C=O) groups is 1. The van der Waals surface area contributed by atoms with Crippen LogP contribution in [0.1, 0.15) is 37.3 Å². The zero-order chi connectivity index (χ0) is 18.9. The van der Waals surface area contributed by atoms with Crippen LogP contribution in [-0.4, -0.2) is 42.6 Å². The molecule has 2 aliphatic rings. The van der Waals surface area contributed by atoms with Crippen molar-refractivity contribution in [1.82, 2.24) is 4.90 Å². The minimum atomic E-state index is -2.78. The third-order valence-corrected chi connectivity index (χ3v) is 5.43. The Kier molecular flexibility index (Phi) is 5.47. The highest BCUT2D eigenvalue weighted by Crippen LogP contribution is 2.53. The summed E-state index contributed by atoms with van der Waals surface area (Å²) in [5.74, 6) is 0.767. The van der Waals surface area contributed by atoms with Gasteiger partial charge in [0.05, 0.1) is 6.10 Å². The van der Waals surface area contributed by atoms with Gasteiger partial charge in [0.15, 0.2) is 5.96 Å². The Balaban J connectivity index is 1.91. The van der Waals surface area contributed by atoms with E-state index in [4.69, 9.17) is 10.5 Å². The number of amides is 1. The van der Waals surface area contributed by atoms with E-state index in [1.54, 1.807) is 0 Å². The number of aliphatic imine (C=N–C) groups is 1. The summed E-state index contributed by atoms with van der Waals surface area (Å²) in [5, 5.41) is 0. The summed E-state index contributed by atoms with van der Waals surface area (Å²) in [5.41, 5.74) is 6.11. The molecule has 2 N–H and O–H groups in total. The van der Waals surface area contributed by atoms with E-state index in [-0.39, 0.29) is 5.96 Å². The lowest BCUT2D eigenvalue weighted by atomic mass is 9.77. The molecule has 0 aromatic heterocycles. The molecule has 6 nitrogen and oxygen atoms in total. The lowest BCUT2D eigenvalue weighted by Gasteiger charge is -2.39. The summed E-state index contributed by atoms with van der Waals surface area (Å²) in [6.45, 7) is -2.78. The molecular weight excluding hydrogens is 412 g/mol. The monoisotopic (exact) mass is 431 g/mol. The number of benzene rings is 1. The van der Waals surface area contributed by atoms with Crippen molar-refractivity contribution in [2.45, 2.75) is 50.0 Å². The molecule has 1 saturated carbocycles. The number of halogens is 3. The Labute approximate surface area is 158 Å². The molecule has 26 heavy (non-hydrogen) atoms. The van der Waals surface area contributed by atoms with Gasteiger partial charge >= 0.3 is 6.61 Å². The van der Waals surface area contributed by atoms with Gasteiger partial charge in [-0.2, -0.15) is 8.78 Å². The Morgan fingerprint density at radius 3 is 2.81 bits per heavy atom. The van der Waals surface area contributed by atoms with E-state index >= 15 is 0 Å². The third kappa shape index (κ3) is 3.68. The first-order chi connectivity index (χ1) is 12.3. The Hall–Kier alpha value is -1.74. The minimum Gasteiger partial charge on any atom is -0.484 e. The average molecular weight is 432 g/mol. The first kappa shape index (κ1) is 19.0. The summed E-state index contributed by atoms with van der Waals surface area (Å²) in [7, 11) is 1.52. The van der Waals surface area contributed by atoms with Crippen molar-refractivity contribution < 1.29 is 23.0 Å². The number of nitrogens with zero attached hydrogens (tertiary/aromatic N) is 2. The van der Waals surface area contributed by atoms with Gasteiger partial charge in [-0.25, -0.2) is 4.99 Å². The number of nitrogens with two attached hydrogens (primary N) is 1. The molecule has 1 amide bonds. The van der Waals surface area contributed by atoms with E-state index in [1.165, 1.54) is 11.9 Å². The Bertz CT molecular complexity index is 708. The van der Waals surface area contributed by atoms with Crippen LogP contribution in [0.3, 0.4) is 0 Å². The Morgan fingerprint density at radius 2 is 2.19 bits per heavy atom. The van der Waals surface area contributed by atoms with Gasteiger partial charge in [-0.15, -0.1) is 0 Å². The summed E-state index contributed by atoms with van der Waals surface area (Å²) >= 11 is 3.45. The van der Waals surface area contributed by atoms with Crippen molar-refractivity contribution >= 4 is 28.3 Å². The molecule has 1 fully saturated rings. The lowest BCUT2D eigenvalue weighted by Crippen LogP contribution is -2.44. The molecule has 1 aliphatic carbocycles. The highest BCUT2D eigenvalue weighted by Gasteiger charge is 2.51. The second-order valence-corrected chi connectivity index (χ2v) is 7.47. The van der Waals surface area contributed by atoms with Crippen molar-refractivity contribution in [3.8, 4) is 5.75 Å². The van der Waals surface area contributed by atoms with Gasteiger partial charge < -0.3 is 15.2 Å².